The van der Waals surface area contributed by atoms with E-state index in [0.29, 0.717) is 28.8 Å². The third-order valence-corrected chi connectivity index (χ3v) is 9.39. The Morgan fingerprint density at radius 3 is 2.34 bits per heavy atom. The molecule has 10 nitrogen and oxygen atoms in total. The fourth-order valence-electron chi connectivity index (χ4n) is 3.96. The van der Waals surface area contributed by atoms with Crippen LogP contribution < -0.4 is 14.2 Å². The van der Waals surface area contributed by atoms with Crippen molar-refractivity contribution in [2.45, 2.75) is 50.0 Å². The zero-order valence-electron chi connectivity index (χ0n) is 20.4. The molecule has 2 unspecified atom stereocenters. The van der Waals surface area contributed by atoms with E-state index < -0.39 is 21.2 Å². The van der Waals surface area contributed by atoms with E-state index in [2.05, 4.69) is 24.9 Å². The molecular formula is C23H30N6O4S2. The summed E-state index contributed by atoms with van der Waals surface area (Å²) in [5.41, 5.74) is 1.45. The van der Waals surface area contributed by atoms with E-state index in [9.17, 15) is 8.42 Å². The van der Waals surface area contributed by atoms with Crippen LogP contribution in [0.4, 0.5) is 5.95 Å². The van der Waals surface area contributed by atoms with Crippen LogP contribution in [0.3, 0.4) is 0 Å². The summed E-state index contributed by atoms with van der Waals surface area (Å²) in [6.45, 7) is 5.31. The van der Waals surface area contributed by atoms with Crippen LogP contribution in [0.5, 0.6) is 11.5 Å². The van der Waals surface area contributed by atoms with Crippen LogP contribution in [0.1, 0.15) is 55.1 Å². The molecule has 0 radical (unpaired) electrons. The molecule has 35 heavy (non-hydrogen) atoms. The second kappa shape index (κ2) is 10.4. The lowest BCUT2D eigenvalue weighted by Gasteiger charge is -2.22. The molecule has 0 spiro atoms. The molecule has 0 amide bonds. The number of ether oxygens (including phenoxy) is 2. The largest absolute Gasteiger partial charge is 0.494 e. The first-order chi connectivity index (χ1) is 16.8. The zero-order valence-corrected chi connectivity index (χ0v) is 22.1. The van der Waals surface area contributed by atoms with Gasteiger partial charge in [0.25, 0.3) is 0 Å². The lowest BCUT2D eigenvalue weighted by molar-refractivity contribution is 0.390. The number of aryl methyl sites for hydroxylation is 1. The summed E-state index contributed by atoms with van der Waals surface area (Å²) in [7, 11) is -0.778. The highest BCUT2D eigenvalue weighted by atomic mass is 32.2. The molecule has 12 heteroatoms. The average molecular weight is 519 g/mol. The van der Waals surface area contributed by atoms with Gasteiger partial charge < -0.3 is 9.47 Å². The second-order valence-corrected chi connectivity index (χ2v) is 11.8. The highest BCUT2D eigenvalue weighted by Crippen LogP contribution is 2.43. The van der Waals surface area contributed by atoms with Crippen molar-refractivity contribution in [1.29, 1.82) is 0 Å². The molecule has 1 N–H and O–H groups in total. The molecule has 1 aliphatic rings. The molecule has 3 atom stereocenters. The number of methoxy groups -OCH3 is 2. The van der Waals surface area contributed by atoms with Crippen LogP contribution in [-0.4, -0.2) is 58.4 Å². The van der Waals surface area contributed by atoms with Crippen molar-refractivity contribution < 1.29 is 17.9 Å². The van der Waals surface area contributed by atoms with E-state index in [-0.39, 0.29) is 11.2 Å². The molecule has 3 aromatic rings. The molecule has 1 aromatic carbocycles. The number of anilines is 1. The van der Waals surface area contributed by atoms with Gasteiger partial charge in [-0.05, 0) is 50.1 Å². The van der Waals surface area contributed by atoms with E-state index in [4.69, 9.17) is 9.47 Å². The highest BCUT2D eigenvalue weighted by molar-refractivity contribution is 7.99. The normalized spacial score (nSPS) is 17.7. The maximum Gasteiger partial charge on any atom is 0.243 e. The van der Waals surface area contributed by atoms with Gasteiger partial charge >= 0.3 is 0 Å². The molecule has 0 saturated carbocycles. The maximum absolute atomic E-state index is 13.5. The monoisotopic (exact) mass is 518 g/mol. The number of nitrogens with one attached hydrogen (secondary N) is 1. The molecule has 1 fully saturated rings. The molecule has 2 aromatic heterocycles. The third-order valence-electron chi connectivity index (χ3n) is 6.17. The quantitative estimate of drug-likeness (QED) is 0.450. The number of hydrogen-bond acceptors (Lipinski definition) is 9. The Kier molecular flexibility index (Phi) is 7.50. The summed E-state index contributed by atoms with van der Waals surface area (Å²) in [4.78, 5) is 8.63. The molecule has 1 saturated heterocycles. The minimum Gasteiger partial charge on any atom is -0.494 e. The number of benzene rings is 1. The summed E-state index contributed by atoms with van der Waals surface area (Å²) in [5.74, 6) is 2.79. The van der Waals surface area contributed by atoms with Crippen molar-refractivity contribution >= 4 is 27.7 Å². The molecule has 1 aliphatic heterocycles. The first-order valence-corrected chi connectivity index (χ1v) is 13.9. The van der Waals surface area contributed by atoms with Crippen molar-refractivity contribution in [3.63, 3.8) is 0 Å². The number of para-hydroxylation sites is 1. The summed E-state index contributed by atoms with van der Waals surface area (Å²) >= 11 is 1.77. The average Bonchev–Trinajstić information content (AvgIpc) is 3.52. The minimum absolute atomic E-state index is 0.0766. The van der Waals surface area contributed by atoms with Crippen LogP contribution >= 0.6 is 11.8 Å². The van der Waals surface area contributed by atoms with Crippen molar-refractivity contribution in [3.05, 3.63) is 47.8 Å². The Morgan fingerprint density at radius 2 is 1.77 bits per heavy atom. The Hall–Kier alpha value is -2.86. The fraction of sp³-hybridized carbons (Fsp3) is 0.478. The standard InChI is InChI=1S/C23H30N6O4S2/c1-14-12-24-21(25-13-14)15(2)16(3)35(30,31)28-23-27-26-22(19-10-7-11-34-19)29(23)20-17(32-4)8-6-9-18(20)33-5/h6,8-9,12-13,15-16,19H,7,10-11H2,1-5H3,(H,27,28)/t15?,16?,19-/m0/s1. The lowest BCUT2D eigenvalue weighted by atomic mass is 10.1. The Labute approximate surface area is 209 Å². The smallest absolute Gasteiger partial charge is 0.243 e. The van der Waals surface area contributed by atoms with Crippen molar-refractivity contribution in [3.8, 4) is 17.2 Å². The number of thioether (sulfide) groups is 1. The third kappa shape index (κ3) is 5.08. The van der Waals surface area contributed by atoms with Gasteiger partial charge in [0.1, 0.15) is 23.0 Å². The van der Waals surface area contributed by atoms with Crippen molar-refractivity contribution in [1.82, 2.24) is 24.7 Å². The minimum atomic E-state index is -3.89. The molecule has 0 bridgehead atoms. The number of sulfonamides is 1. The van der Waals surface area contributed by atoms with Crippen LogP contribution in [0, 0.1) is 6.92 Å². The fourth-order valence-corrected chi connectivity index (χ4v) is 6.45. The number of hydrogen-bond donors (Lipinski definition) is 1. The first-order valence-electron chi connectivity index (χ1n) is 11.3. The van der Waals surface area contributed by atoms with Gasteiger partial charge in [-0.2, -0.15) is 11.8 Å². The molecule has 0 aliphatic carbocycles. The van der Waals surface area contributed by atoms with E-state index in [1.54, 1.807) is 68.9 Å². The van der Waals surface area contributed by atoms with E-state index >= 15 is 0 Å². The van der Waals surface area contributed by atoms with Crippen LogP contribution in [0.2, 0.25) is 0 Å². The Morgan fingerprint density at radius 1 is 1.11 bits per heavy atom. The van der Waals surface area contributed by atoms with Crippen LogP contribution in [0.25, 0.3) is 5.69 Å². The number of aromatic nitrogens is 5. The summed E-state index contributed by atoms with van der Waals surface area (Å²) in [5, 5.41) is 7.92. The predicted octanol–water partition coefficient (Wildman–Crippen LogP) is 3.88. The SMILES string of the molecule is COc1cccc(OC)c1-n1c(NS(=O)(=O)C(C)C(C)c2ncc(C)cn2)nnc1[C@@H]1CCCS1. The van der Waals surface area contributed by atoms with Gasteiger partial charge in [0.05, 0.1) is 24.7 Å². The van der Waals surface area contributed by atoms with Gasteiger partial charge in [-0.3, -0.25) is 9.29 Å². The molecule has 4 rings (SSSR count). The van der Waals surface area contributed by atoms with Gasteiger partial charge in [-0.1, -0.05) is 13.0 Å². The zero-order chi connectivity index (χ0) is 25.2. The van der Waals surface area contributed by atoms with Gasteiger partial charge in [-0.25, -0.2) is 18.4 Å². The second-order valence-electron chi connectivity index (χ2n) is 8.49. The highest BCUT2D eigenvalue weighted by Gasteiger charge is 2.34. The molecular weight excluding hydrogens is 488 g/mol. The van der Waals surface area contributed by atoms with E-state index in [0.717, 1.165) is 24.2 Å². The Bertz CT molecular complexity index is 1250. The van der Waals surface area contributed by atoms with Gasteiger partial charge in [0.15, 0.2) is 5.82 Å². The van der Waals surface area contributed by atoms with Gasteiger partial charge in [0.2, 0.25) is 16.0 Å². The van der Waals surface area contributed by atoms with Gasteiger partial charge in [0, 0.05) is 18.3 Å². The van der Waals surface area contributed by atoms with Gasteiger partial charge in [-0.15, -0.1) is 10.2 Å². The van der Waals surface area contributed by atoms with E-state index in [1.165, 1.54) is 0 Å². The lowest BCUT2D eigenvalue weighted by Crippen LogP contribution is -2.31. The predicted molar refractivity (Wildman–Crippen MR) is 136 cm³/mol. The molecule has 3 heterocycles. The summed E-state index contributed by atoms with van der Waals surface area (Å²) in [6.07, 6.45) is 5.34. The van der Waals surface area contributed by atoms with Crippen molar-refractivity contribution in [2.24, 2.45) is 0 Å². The topological polar surface area (TPSA) is 121 Å². The summed E-state index contributed by atoms with van der Waals surface area (Å²) in [6, 6.07) is 5.40. The Balaban J connectivity index is 1.76. The number of nitrogens with zero attached hydrogens (tertiary/aromatic N) is 5. The van der Waals surface area contributed by atoms with E-state index in [1.807, 2.05) is 13.0 Å². The summed E-state index contributed by atoms with van der Waals surface area (Å²) < 4.78 is 42.6. The first kappa shape index (κ1) is 25.2. The molecule has 188 valence electrons. The maximum atomic E-state index is 13.5. The number of rotatable bonds is 9. The van der Waals surface area contributed by atoms with Crippen LogP contribution in [0.15, 0.2) is 30.6 Å². The van der Waals surface area contributed by atoms with Crippen LogP contribution in [-0.2, 0) is 10.0 Å². The van der Waals surface area contributed by atoms with Crippen molar-refractivity contribution in [2.75, 3.05) is 24.7 Å².